The highest BCUT2D eigenvalue weighted by molar-refractivity contribution is 5.61. The largest absolute Gasteiger partial charge is 0.497 e. The van der Waals surface area contributed by atoms with E-state index >= 15 is 0 Å². The summed E-state index contributed by atoms with van der Waals surface area (Å²) in [5, 5.41) is 3.85. The van der Waals surface area contributed by atoms with E-state index in [1.54, 1.807) is 7.11 Å². The number of nitrogens with two attached hydrogens (primary N) is 1. The second-order valence-electron chi connectivity index (χ2n) is 6.78. The maximum Gasteiger partial charge on any atom is 0.171 e. The van der Waals surface area contributed by atoms with Gasteiger partial charge in [0.25, 0.3) is 0 Å². The van der Waals surface area contributed by atoms with Gasteiger partial charge in [-0.15, -0.1) is 0 Å². The Morgan fingerprint density at radius 3 is 2.25 bits per heavy atom. The van der Waals surface area contributed by atoms with E-state index in [2.05, 4.69) is 30.8 Å². The Bertz CT molecular complexity index is 745. The van der Waals surface area contributed by atoms with Gasteiger partial charge in [-0.05, 0) is 61.3 Å². The Morgan fingerprint density at radius 1 is 1.04 bits per heavy atom. The van der Waals surface area contributed by atoms with Crippen LogP contribution in [-0.4, -0.2) is 32.9 Å². The van der Waals surface area contributed by atoms with Gasteiger partial charge < -0.3 is 19.1 Å². The lowest BCUT2D eigenvalue weighted by atomic mass is 10.2. The predicted octanol–water partition coefficient (Wildman–Crippen LogP) is 4.01. The molecule has 152 valence electrons. The number of methoxy groups -OCH3 is 1. The summed E-state index contributed by atoms with van der Waals surface area (Å²) in [6.45, 7) is 6.89. The summed E-state index contributed by atoms with van der Waals surface area (Å²) in [5.74, 6) is 2.34. The van der Waals surface area contributed by atoms with Crippen molar-refractivity contribution in [3.8, 4) is 17.2 Å². The van der Waals surface area contributed by atoms with E-state index in [4.69, 9.17) is 19.7 Å². The van der Waals surface area contributed by atoms with Crippen LogP contribution in [0.15, 0.2) is 47.6 Å². The quantitative estimate of drug-likeness (QED) is 0.593. The Hall–Kier alpha value is -2.76. The number of anilines is 1. The number of hydrogen-bond acceptors (Lipinski definition) is 5. The van der Waals surface area contributed by atoms with Crippen LogP contribution in [0.5, 0.6) is 17.2 Å². The SMILES string of the molecule is CCC(CC)Oc1cc(N(C)C(C)COc2ccc(OC)cc2)ccc1N=[NH2+]. The molecule has 0 amide bonds. The Morgan fingerprint density at radius 2 is 1.68 bits per heavy atom. The van der Waals surface area contributed by atoms with Gasteiger partial charge in [0.1, 0.15) is 18.1 Å². The fourth-order valence-electron chi connectivity index (χ4n) is 2.81. The van der Waals surface area contributed by atoms with E-state index < -0.39 is 0 Å². The van der Waals surface area contributed by atoms with Crippen molar-refractivity contribution >= 4 is 11.4 Å². The highest BCUT2D eigenvalue weighted by Crippen LogP contribution is 2.33. The van der Waals surface area contributed by atoms with Crippen molar-refractivity contribution in [2.45, 2.75) is 45.8 Å². The Kier molecular flexibility index (Phi) is 8.11. The molecule has 0 saturated carbocycles. The third-order valence-corrected chi connectivity index (χ3v) is 4.91. The molecule has 0 fully saturated rings. The van der Waals surface area contributed by atoms with E-state index in [0.717, 1.165) is 30.0 Å². The number of hydrogen-bond donors (Lipinski definition) is 1. The van der Waals surface area contributed by atoms with Crippen LogP contribution in [0.3, 0.4) is 0 Å². The third-order valence-electron chi connectivity index (χ3n) is 4.91. The first-order chi connectivity index (χ1) is 13.5. The second-order valence-corrected chi connectivity index (χ2v) is 6.78. The lowest BCUT2D eigenvalue weighted by molar-refractivity contribution is -0.210. The lowest BCUT2D eigenvalue weighted by Gasteiger charge is -2.28. The summed E-state index contributed by atoms with van der Waals surface area (Å²) in [6.07, 6.45) is 2.02. The van der Waals surface area contributed by atoms with Crippen LogP contribution in [0.1, 0.15) is 33.6 Å². The molecule has 0 saturated heterocycles. The first-order valence-electron chi connectivity index (χ1n) is 9.73. The molecule has 2 N–H and O–H groups in total. The van der Waals surface area contributed by atoms with Crippen molar-refractivity contribution in [2.75, 3.05) is 25.7 Å². The highest BCUT2D eigenvalue weighted by atomic mass is 16.5. The molecular formula is C22H32N3O3+. The first kappa shape index (κ1) is 21.5. The number of rotatable bonds is 11. The minimum atomic E-state index is 0.150. The molecular weight excluding hydrogens is 354 g/mol. The molecule has 0 aliphatic heterocycles. The van der Waals surface area contributed by atoms with Gasteiger partial charge in [-0.1, -0.05) is 13.8 Å². The standard InChI is InChI=1S/C22H31N3O3/c1-6-18(7-2)28-22-14-17(8-13-21(22)24-23)25(4)16(3)15-27-20-11-9-19(26-5)10-12-20/h8-14,16,18,23H,6-7,15H2,1-5H3/p+1. The third kappa shape index (κ3) is 5.62. The summed E-state index contributed by atoms with van der Waals surface area (Å²) in [6, 6.07) is 13.6. The van der Waals surface area contributed by atoms with Crippen LogP contribution < -0.4 is 24.6 Å². The summed E-state index contributed by atoms with van der Waals surface area (Å²) in [7, 11) is 3.69. The molecule has 28 heavy (non-hydrogen) atoms. The molecule has 0 radical (unpaired) electrons. The minimum absolute atomic E-state index is 0.150. The first-order valence-corrected chi connectivity index (χ1v) is 9.73. The number of ether oxygens (including phenoxy) is 3. The van der Waals surface area contributed by atoms with Crippen molar-refractivity contribution in [2.24, 2.45) is 5.11 Å². The molecule has 1 unspecified atom stereocenters. The molecule has 0 aromatic heterocycles. The van der Waals surface area contributed by atoms with Gasteiger partial charge in [0.05, 0.1) is 19.3 Å². The van der Waals surface area contributed by atoms with Crippen LogP contribution in [0.2, 0.25) is 0 Å². The van der Waals surface area contributed by atoms with Crippen molar-refractivity contribution in [3.63, 3.8) is 0 Å². The molecule has 0 bridgehead atoms. The molecule has 0 spiro atoms. The molecule has 0 aliphatic carbocycles. The predicted molar refractivity (Wildman–Crippen MR) is 112 cm³/mol. The molecule has 2 aromatic rings. The van der Waals surface area contributed by atoms with Crippen LogP contribution in [-0.2, 0) is 0 Å². The van der Waals surface area contributed by atoms with Gasteiger partial charge in [-0.2, -0.15) is 5.53 Å². The smallest absolute Gasteiger partial charge is 0.171 e. The molecule has 6 heteroatoms. The van der Waals surface area contributed by atoms with E-state index in [0.29, 0.717) is 18.0 Å². The molecule has 2 rings (SSSR count). The average Bonchev–Trinajstić information content (AvgIpc) is 2.75. The lowest BCUT2D eigenvalue weighted by Crippen LogP contribution is -2.34. The monoisotopic (exact) mass is 386 g/mol. The second kappa shape index (κ2) is 10.5. The van der Waals surface area contributed by atoms with Gasteiger partial charge >= 0.3 is 0 Å². The summed E-state index contributed by atoms with van der Waals surface area (Å²) < 4.78 is 17.2. The molecule has 2 aromatic carbocycles. The summed E-state index contributed by atoms with van der Waals surface area (Å²) in [4.78, 5) is 2.16. The normalized spacial score (nSPS) is 11.8. The maximum atomic E-state index is 6.11. The molecule has 0 heterocycles. The molecule has 6 nitrogen and oxygen atoms in total. The van der Waals surface area contributed by atoms with Crippen molar-refractivity contribution in [3.05, 3.63) is 42.5 Å². The van der Waals surface area contributed by atoms with Crippen LogP contribution in [0.4, 0.5) is 11.4 Å². The van der Waals surface area contributed by atoms with Crippen molar-refractivity contribution in [1.82, 2.24) is 0 Å². The van der Waals surface area contributed by atoms with Gasteiger partial charge in [-0.25, -0.2) is 0 Å². The van der Waals surface area contributed by atoms with Gasteiger partial charge in [0, 0.05) is 18.8 Å². The topological polar surface area (TPSA) is 68.9 Å². The number of benzene rings is 2. The van der Waals surface area contributed by atoms with Crippen molar-refractivity contribution < 1.29 is 19.7 Å². The van der Waals surface area contributed by atoms with E-state index in [9.17, 15) is 0 Å². The zero-order chi connectivity index (χ0) is 20.5. The fourth-order valence-corrected chi connectivity index (χ4v) is 2.81. The van der Waals surface area contributed by atoms with E-state index in [1.165, 1.54) is 0 Å². The van der Waals surface area contributed by atoms with Gasteiger partial charge in [0.2, 0.25) is 0 Å². The Labute approximate surface area is 167 Å². The highest BCUT2D eigenvalue weighted by Gasteiger charge is 2.16. The summed E-state index contributed by atoms with van der Waals surface area (Å²) >= 11 is 0. The van der Waals surface area contributed by atoms with Gasteiger partial charge in [0.15, 0.2) is 11.4 Å². The summed E-state index contributed by atoms with van der Waals surface area (Å²) in [5.41, 5.74) is 7.22. The van der Waals surface area contributed by atoms with Gasteiger partial charge in [-0.3, -0.25) is 0 Å². The van der Waals surface area contributed by atoms with E-state index in [1.807, 2.05) is 49.5 Å². The fraction of sp³-hybridized carbons (Fsp3) is 0.455. The van der Waals surface area contributed by atoms with Crippen LogP contribution in [0.25, 0.3) is 0 Å². The minimum Gasteiger partial charge on any atom is -0.497 e. The number of likely N-dealkylation sites (N-methyl/N-ethyl adjacent to an activating group) is 1. The zero-order valence-corrected chi connectivity index (χ0v) is 17.5. The van der Waals surface area contributed by atoms with Crippen LogP contribution >= 0.6 is 0 Å². The Balaban J connectivity index is 2.06. The molecule has 1 atom stereocenters. The molecule has 0 aliphatic rings. The van der Waals surface area contributed by atoms with Crippen LogP contribution in [0, 0.1) is 0 Å². The average molecular weight is 387 g/mol. The maximum absolute atomic E-state index is 6.11. The van der Waals surface area contributed by atoms with E-state index in [-0.39, 0.29) is 12.1 Å². The zero-order valence-electron chi connectivity index (χ0n) is 17.5. The van der Waals surface area contributed by atoms with Crippen molar-refractivity contribution in [1.29, 1.82) is 0 Å². The number of nitrogens with zero attached hydrogens (tertiary/aromatic N) is 2.